The highest BCUT2D eigenvalue weighted by atomic mass is 35.5. The van der Waals surface area contributed by atoms with Crippen molar-refractivity contribution < 1.29 is 13.2 Å². The number of nitrogens with one attached hydrogen (secondary N) is 1. The molecular weight excluding hydrogens is 348 g/mol. The lowest BCUT2D eigenvalue weighted by atomic mass is 10.2. The molecule has 10 heteroatoms. The molecular formula is C12H13ClN4O3S2. The molecule has 1 aromatic carbocycles. The van der Waals surface area contributed by atoms with Gasteiger partial charge in [0.15, 0.2) is 5.13 Å². The second-order valence-electron chi connectivity index (χ2n) is 4.31. The van der Waals surface area contributed by atoms with Crippen LogP contribution in [0.4, 0.5) is 5.13 Å². The van der Waals surface area contributed by atoms with Crippen molar-refractivity contribution in [2.24, 2.45) is 11.5 Å². The van der Waals surface area contributed by atoms with E-state index in [1.807, 2.05) is 0 Å². The fourth-order valence-electron chi connectivity index (χ4n) is 1.77. The fraction of sp³-hybridized carbons (Fsp3) is 0.167. The Bertz CT molecular complexity index is 804. The van der Waals surface area contributed by atoms with Crippen molar-refractivity contribution >= 4 is 44.0 Å². The molecule has 0 fully saturated rings. The van der Waals surface area contributed by atoms with E-state index in [4.69, 9.17) is 23.1 Å². The molecule has 0 atom stereocenters. The van der Waals surface area contributed by atoms with Gasteiger partial charge in [0.2, 0.25) is 5.91 Å². The summed E-state index contributed by atoms with van der Waals surface area (Å²) in [7, 11) is -3.88. The van der Waals surface area contributed by atoms with Gasteiger partial charge in [-0.2, -0.15) is 0 Å². The van der Waals surface area contributed by atoms with E-state index < -0.39 is 15.9 Å². The zero-order chi connectivity index (χ0) is 16.3. The first-order chi connectivity index (χ1) is 10.3. The summed E-state index contributed by atoms with van der Waals surface area (Å²) in [6.45, 7) is -0.0132. The minimum Gasteiger partial charge on any atom is -0.369 e. The third-order valence-corrected chi connectivity index (χ3v) is 5.41. The van der Waals surface area contributed by atoms with Crippen LogP contribution < -0.4 is 16.2 Å². The monoisotopic (exact) mass is 360 g/mol. The van der Waals surface area contributed by atoms with Crippen LogP contribution in [-0.2, 0) is 27.8 Å². The highest BCUT2D eigenvalue weighted by Gasteiger charge is 2.21. The maximum absolute atomic E-state index is 12.4. The van der Waals surface area contributed by atoms with Crippen LogP contribution in [0.15, 0.2) is 28.5 Å². The number of amides is 1. The van der Waals surface area contributed by atoms with Gasteiger partial charge in [-0.05, 0) is 12.1 Å². The summed E-state index contributed by atoms with van der Waals surface area (Å²) in [5.74, 6) is -0.542. The molecule has 1 aromatic heterocycles. The zero-order valence-electron chi connectivity index (χ0n) is 11.2. The van der Waals surface area contributed by atoms with Crippen LogP contribution in [0, 0.1) is 0 Å². The second-order valence-corrected chi connectivity index (χ2v) is 7.23. The van der Waals surface area contributed by atoms with E-state index in [9.17, 15) is 13.2 Å². The van der Waals surface area contributed by atoms with Gasteiger partial charge in [0, 0.05) is 22.5 Å². The first-order valence-electron chi connectivity index (χ1n) is 6.06. The summed E-state index contributed by atoms with van der Waals surface area (Å²) in [6, 6.07) is 4.50. The third kappa shape index (κ3) is 3.74. The van der Waals surface area contributed by atoms with Crippen molar-refractivity contribution in [2.75, 3.05) is 4.72 Å². The van der Waals surface area contributed by atoms with E-state index in [1.54, 1.807) is 11.4 Å². The Labute approximate surface area is 136 Å². The van der Waals surface area contributed by atoms with E-state index in [0.717, 1.165) is 11.3 Å². The lowest BCUT2D eigenvalue weighted by Crippen LogP contribution is -2.17. The summed E-state index contributed by atoms with van der Waals surface area (Å²) >= 11 is 7.02. The Balaban J connectivity index is 2.30. The van der Waals surface area contributed by atoms with Crippen molar-refractivity contribution in [1.82, 2.24) is 4.98 Å². The lowest BCUT2D eigenvalue weighted by molar-refractivity contribution is -0.117. The van der Waals surface area contributed by atoms with Crippen LogP contribution in [-0.4, -0.2) is 19.3 Å². The van der Waals surface area contributed by atoms with Gasteiger partial charge < -0.3 is 11.5 Å². The first-order valence-corrected chi connectivity index (χ1v) is 8.80. The van der Waals surface area contributed by atoms with Gasteiger partial charge in [-0.15, -0.1) is 11.3 Å². The van der Waals surface area contributed by atoms with Gasteiger partial charge in [0.05, 0.1) is 17.0 Å². The number of carbonyl (C=O) groups is 1. The standard InChI is InChI=1S/C12H13ClN4O3S2/c13-9-2-1-3-10(8(9)5-14)22(19,20)17-12-16-7(6-21-12)4-11(15)18/h1-3,6H,4-5,14H2,(H2,15,18)(H,16,17). The number of rotatable bonds is 6. The lowest BCUT2D eigenvalue weighted by Gasteiger charge is -2.10. The number of sulfonamides is 1. The average molecular weight is 361 g/mol. The molecule has 1 amide bonds. The average Bonchev–Trinajstić information content (AvgIpc) is 2.84. The molecule has 2 aromatic rings. The van der Waals surface area contributed by atoms with E-state index in [-0.39, 0.29) is 28.0 Å². The van der Waals surface area contributed by atoms with E-state index in [0.29, 0.717) is 11.3 Å². The van der Waals surface area contributed by atoms with Crippen LogP contribution in [0.3, 0.4) is 0 Å². The van der Waals surface area contributed by atoms with Gasteiger partial charge in [-0.1, -0.05) is 17.7 Å². The molecule has 0 aliphatic carbocycles. The SMILES string of the molecule is NCc1c(Cl)cccc1S(=O)(=O)Nc1nc(CC(N)=O)cs1. The topological polar surface area (TPSA) is 128 Å². The molecule has 22 heavy (non-hydrogen) atoms. The molecule has 0 saturated heterocycles. The van der Waals surface area contributed by atoms with Crippen molar-refractivity contribution in [3.8, 4) is 0 Å². The van der Waals surface area contributed by atoms with Crippen LogP contribution in [0.2, 0.25) is 5.02 Å². The molecule has 0 aliphatic rings. The summed E-state index contributed by atoms with van der Waals surface area (Å²) in [5, 5.41) is 1.97. The number of thiazole rings is 1. The largest absolute Gasteiger partial charge is 0.369 e. The predicted octanol–water partition coefficient (Wildman–Crippen LogP) is 1.08. The molecule has 0 spiro atoms. The number of carbonyl (C=O) groups excluding carboxylic acids is 1. The number of aromatic nitrogens is 1. The number of nitrogens with two attached hydrogens (primary N) is 2. The van der Waals surface area contributed by atoms with E-state index >= 15 is 0 Å². The Hall–Kier alpha value is -1.68. The molecule has 2 rings (SSSR count). The summed E-state index contributed by atoms with van der Waals surface area (Å²) < 4.78 is 27.2. The number of anilines is 1. The van der Waals surface area contributed by atoms with Gasteiger partial charge in [0.25, 0.3) is 10.0 Å². The minimum absolute atomic E-state index is 0.00542. The molecule has 0 saturated carbocycles. The molecule has 0 aliphatic heterocycles. The summed E-state index contributed by atoms with van der Waals surface area (Å²) in [4.78, 5) is 14.8. The Morgan fingerprint density at radius 1 is 1.41 bits per heavy atom. The number of primary amides is 1. The Kier molecular flexibility index (Phi) is 5.01. The van der Waals surface area contributed by atoms with Crippen LogP contribution in [0.25, 0.3) is 0 Å². The normalized spacial score (nSPS) is 11.4. The van der Waals surface area contributed by atoms with Gasteiger partial charge in [-0.3, -0.25) is 9.52 Å². The molecule has 5 N–H and O–H groups in total. The van der Waals surface area contributed by atoms with Crippen molar-refractivity contribution in [3.63, 3.8) is 0 Å². The van der Waals surface area contributed by atoms with E-state index in [1.165, 1.54) is 12.1 Å². The molecule has 7 nitrogen and oxygen atoms in total. The fourth-order valence-corrected chi connectivity index (χ4v) is 4.32. The zero-order valence-corrected chi connectivity index (χ0v) is 13.6. The first kappa shape index (κ1) is 16.7. The van der Waals surface area contributed by atoms with Crippen molar-refractivity contribution in [3.05, 3.63) is 39.9 Å². The summed E-state index contributed by atoms with van der Waals surface area (Å²) in [5.41, 5.74) is 11.4. The number of benzene rings is 1. The van der Waals surface area contributed by atoms with Crippen LogP contribution >= 0.6 is 22.9 Å². The highest BCUT2D eigenvalue weighted by molar-refractivity contribution is 7.93. The number of hydrogen-bond donors (Lipinski definition) is 3. The van der Waals surface area contributed by atoms with Crippen molar-refractivity contribution in [1.29, 1.82) is 0 Å². The third-order valence-electron chi connectivity index (χ3n) is 2.70. The predicted molar refractivity (Wildman–Crippen MR) is 85.2 cm³/mol. The highest BCUT2D eigenvalue weighted by Crippen LogP contribution is 2.26. The van der Waals surface area contributed by atoms with Crippen LogP contribution in [0.1, 0.15) is 11.3 Å². The van der Waals surface area contributed by atoms with Gasteiger partial charge >= 0.3 is 0 Å². The second kappa shape index (κ2) is 6.61. The van der Waals surface area contributed by atoms with Gasteiger partial charge in [0.1, 0.15) is 0 Å². The number of nitrogens with zero attached hydrogens (tertiary/aromatic N) is 1. The number of halogens is 1. The van der Waals surface area contributed by atoms with Crippen molar-refractivity contribution in [2.45, 2.75) is 17.9 Å². The van der Waals surface area contributed by atoms with Gasteiger partial charge in [-0.25, -0.2) is 13.4 Å². The maximum atomic E-state index is 12.4. The molecule has 0 radical (unpaired) electrons. The smallest absolute Gasteiger partial charge is 0.264 e. The Morgan fingerprint density at radius 3 is 2.77 bits per heavy atom. The Morgan fingerprint density at radius 2 is 2.14 bits per heavy atom. The van der Waals surface area contributed by atoms with E-state index in [2.05, 4.69) is 9.71 Å². The maximum Gasteiger partial charge on any atom is 0.264 e. The minimum atomic E-state index is -3.88. The molecule has 118 valence electrons. The molecule has 0 bridgehead atoms. The molecule has 0 unspecified atom stereocenters. The van der Waals surface area contributed by atoms with Crippen LogP contribution in [0.5, 0.6) is 0 Å². The quantitative estimate of drug-likeness (QED) is 0.710. The summed E-state index contributed by atoms with van der Waals surface area (Å²) in [6.07, 6.45) is -0.0521. The molecule has 1 heterocycles. The number of hydrogen-bond acceptors (Lipinski definition) is 6.